The largest absolute Gasteiger partial charge is 0.494 e. The molecule has 0 fully saturated rings. The van der Waals surface area contributed by atoms with E-state index in [4.69, 9.17) is 4.74 Å². The van der Waals surface area contributed by atoms with E-state index >= 15 is 0 Å². The maximum absolute atomic E-state index is 12.2. The number of nitrogens with one attached hydrogen (secondary N) is 1. The summed E-state index contributed by atoms with van der Waals surface area (Å²) in [6.07, 6.45) is 2.37. The SMILES string of the molecule is CCCOc1ccc(/C=C(\C#N)C(=O)Nc2ccc([N+](=O)[O-])cc2)cc1. The molecular formula is C19H17N3O4. The Balaban J connectivity index is 2.08. The number of amides is 1. The van der Waals surface area contributed by atoms with Crippen molar-refractivity contribution in [2.45, 2.75) is 13.3 Å². The molecule has 2 aromatic carbocycles. The van der Waals surface area contributed by atoms with E-state index in [1.807, 2.05) is 13.0 Å². The molecule has 7 heteroatoms. The van der Waals surface area contributed by atoms with Crippen LogP contribution in [0.1, 0.15) is 18.9 Å². The lowest BCUT2D eigenvalue weighted by Crippen LogP contribution is -2.13. The fourth-order valence-electron chi connectivity index (χ4n) is 2.06. The number of benzene rings is 2. The Morgan fingerprint density at radius 2 is 1.88 bits per heavy atom. The van der Waals surface area contributed by atoms with E-state index in [9.17, 15) is 20.2 Å². The molecule has 2 rings (SSSR count). The predicted molar refractivity (Wildman–Crippen MR) is 97.5 cm³/mol. The van der Waals surface area contributed by atoms with E-state index in [1.165, 1.54) is 30.3 Å². The third kappa shape index (κ3) is 5.18. The van der Waals surface area contributed by atoms with E-state index in [-0.39, 0.29) is 11.3 Å². The number of anilines is 1. The van der Waals surface area contributed by atoms with Crippen LogP contribution >= 0.6 is 0 Å². The van der Waals surface area contributed by atoms with E-state index in [2.05, 4.69) is 5.32 Å². The van der Waals surface area contributed by atoms with Gasteiger partial charge in [0.15, 0.2) is 0 Å². The minimum atomic E-state index is -0.590. The molecule has 26 heavy (non-hydrogen) atoms. The molecular weight excluding hydrogens is 334 g/mol. The van der Waals surface area contributed by atoms with Gasteiger partial charge < -0.3 is 10.1 Å². The van der Waals surface area contributed by atoms with Crippen LogP contribution in [-0.4, -0.2) is 17.4 Å². The first-order valence-electron chi connectivity index (χ1n) is 7.94. The van der Waals surface area contributed by atoms with Crippen molar-refractivity contribution in [3.63, 3.8) is 0 Å². The van der Waals surface area contributed by atoms with Crippen LogP contribution in [0.3, 0.4) is 0 Å². The van der Waals surface area contributed by atoms with Gasteiger partial charge in [0.05, 0.1) is 11.5 Å². The van der Waals surface area contributed by atoms with Crippen LogP contribution in [0.4, 0.5) is 11.4 Å². The highest BCUT2D eigenvalue weighted by Gasteiger charge is 2.11. The molecule has 0 aliphatic carbocycles. The van der Waals surface area contributed by atoms with Gasteiger partial charge >= 0.3 is 0 Å². The summed E-state index contributed by atoms with van der Waals surface area (Å²) in [6, 6.07) is 14.3. The number of hydrogen-bond acceptors (Lipinski definition) is 5. The average molecular weight is 351 g/mol. The molecule has 0 spiro atoms. The number of non-ortho nitro benzene ring substituents is 1. The van der Waals surface area contributed by atoms with E-state index in [0.29, 0.717) is 17.9 Å². The third-order valence-corrected chi connectivity index (χ3v) is 3.37. The minimum Gasteiger partial charge on any atom is -0.494 e. The highest BCUT2D eigenvalue weighted by molar-refractivity contribution is 6.09. The molecule has 0 bridgehead atoms. The lowest BCUT2D eigenvalue weighted by Gasteiger charge is -2.05. The van der Waals surface area contributed by atoms with Crippen molar-refractivity contribution in [1.82, 2.24) is 0 Å². The molecule has 1 N–H and O–H groups in total. The molecule has 7 nitrogen and oxygen atoms in total. The van der Waals surface area contributed by atoms with Crippen LogP contribution in [0.25, 0.3) is 6.08 Å². The highest BCUT2D eigenvalue weighted by atomic mass is 16.6. The van der Waals surface area contributed by atoms with Crippen LogP contribution in [-0.2, 0) is 4.79 Å². The van der Waals surface area contributed by atoms with Crippen molar-refractivity contribution in [2.24, 2.45) is 0 Å². The maximum Gasteiger partial charge on any atom is 0.269 e. The molecule has 0 saturated heterocycles. The zero-order valence-corrected chi connectivity index (χ0v) is 14.1. The molecule has 0 aliphatic heterocycles. The van der Waals surface area contributed by atoms with Crippen molar-refractivity contribution in [3.05, 3.63) is 69.8 Å². The van der Waals surface area contributed by atoms with Crippen molar-refractivity contribution in [1.29, 1.82) is 5.26 Å². The molecule has 0 heterocycles. The highest BCUT2D eigenvalue weighted by Crippen LogP contribution is 2.18. The molecule has 0 radical (unpaired) electrons. The van der Waals surface area contributed by atoms with Crippen molar-refractivity contribution in [2.75, 3.05) is 11.9 Å². The van der Waals surface area contributed by atoms with Crippen LogP contribution in [0.2, 0.25) is 0 Å². The van der Waals surface area contributed by atoms with Crippen LogP contribution in [0.15, 0.2) is 54.1 Å². The minimum absolute atomic E-state index is 0.0782. The summed E-state index contributed by atoms with van der Waals surface area (Å²) in [7, 11) is 0. The second-order valence-corrected chi connectivity index (χ2v) is 5.35. The van der Waals surface area contributed by atoms with Gasteiger partial charge in [0.2, 0.25) is 0 Å². The number of nitro groups is 1. The Kier molecular flexibility index (Phi) is 6.46. The van der Waals surface area contributed by atoms with Gasteiger partial charge in [-0.3, -0.25) is 14.9 Å². The standard InChI is InChI=1S/C19H17N3O4/c1-2-11-26-18-9-3-14(4-10-18)12-15(13-20)19(23)21-16-5-7-17(8-6-16)22(24)25/h3-10,12H,2,11H2,1H3,(H,21,23)/b15-12+. The molecule has 0 atom stereocenters. The number of carbonyl (C=O) groups excluding carboxylic acids is 1. The normalized spacial score (nSPS) is 10.7. The van der Waals surface area contributed by atoms with Crippen molar-refractivity contribution < 1.29 is 14.5 Å². The summed E-state index contributed by atoms with van der Waals surface area (Å²) in [5, 5.41) is 22.4. The summed E-state index contributed by atoms with van der Waals surface area (Å²) in [6.45, 7) is 2.64. The van der Waals surface area contributed by atoms with Gasteiger partial charge in [-0.25, -0.2) is 0 Å². The summed E-state index contributed by atoms with van der Waals surface area (Å²) < 4.78 is 5.48. The maximum atomic E-state index is 12.2. The lowest BCUT2D eigenvalue weighted by atomic mass is 10.1. The Morgan fingerprint density at radius 3 is 2.42 bits per heavy atom. The van der Waals surface area contributed by atoms with Crippen LogP contribution < -0.4 is 10.1 Å². The van der Waals surface area contributed by atoms with Crippen molar-refractivity contribution >= 4 is 23.4 Å². The van der Waals surface area contributed by atoms with Gasteiger partial charge in [-0.1, -0.05) is 19.1 Å². The number of nitrogens with zero attached hydrogens (tertiary/aromatic N) is 2. The summed E-state index contributed by atoms with van der Waals surface area (Å²) in [4.78, 5) is 22.3. The fraction of sp³-hybridized carbons (Fsp3) is 0.158. The smallest absolute Gasteiger partial charge is 0.269 e. The first-order chi connectivity index (χ1) is 12.5. The molecule has 1 amide bonds. The number of carbonyl (C=O) groups is 1. The second-order valence-electron chi connectivity index (χ2n) is 5.35. The second kappa shape index (κ2) is 8.99. The summed E-state index contributed by atoms with van der Waals surface area (Å²) in [5.41, 5.74) is 0.893. The summed E-state index contributed by atoms with van der Waals surface area (Å²) >= 11 is 0. The van der Waals surface area contributed by atoms with Gasteiger partial charge in [0.1, 0.15) is 17.4 Å². The number of ether oxygens (including phenoxy) is 1. The van der Waals surface area contributed by atoms with Crippen LogP contribution in [0, 0.1) is 21.4 Å². The fourth-order valence-corrected chi connectivity index (χ4v) is 2.06. The van der Waals surface area contributed by atoms with Gasteiger partial charge in [-0.15, -0.1) is 0 Å². The Bertz CT molecular complexity index is 850. The van der Waals surface area contributed by atoms with E-state index in [1.54, 1.807) is 24.3 Å². The average Bonchev–Trinajstić information content (AvgIpc) is 2.65. The molecule has 0 aromatic heterocycles. The molecule has 0 aliphatic rings. The van der Waals surface area contributed by atoms with Gasteiger partial charge in [-0.05, 0) is 42.3 Å². The monoisotopic (exact) mass is 351 g/mol. The topological polar surface area (TPSA) is 105 Å². The number of rotatable bonds is 7. The summed E-state index contributed by atoms with van der Waals surface area (Å²) in [5.74, 6) is 0.130. The molecule has 0 unspecified atom stereocenters. The zero-order chi connectivity index (χ0) is 18.9. The first kappa shape index (κ1) is 18.7. The first-order valence-corrected chi connectivity index (χ1v) is 7.94. The lowest BCUT2D eigenvalue weighted by molar-refractivity contribution is -0.384. The van der Waals surface area contributed by atoms with Crippen LogP contribution in [0.5, 0.6) is 5.75 Å². The van der Waals surface area contributed by atoms with E-state index < -0.39 is 10.8 Å². The number of nitriles is 1. The zero-order valence-electron chi connectivity index (χ0n) is 14.1. The molecule has 2 aromatic rings. The van der Waals surface area contributed by atoms with Gasteiger partial charge in [-0.2, -0.15) is 5.26 Å². The predicted octanol–water partition coefficient (Wildman–Crippen LogP) is 3.93. The molecule has 0 saturated carbocycles. The third-order valence-electron chi connectivity index (χ3n) is 3.37. The van der Waals surface area contributed by atoms with Gasteiger partial charge in [0.25, 0.3) is 11.6 Å². The Morgan fingerprint density at radius 1 is 1.23 bits per heavy atom. The Hall–Kier alpha value is -3.66. The quantitative estimate of drug-likeness (QED) is 0.352. The van der Waals surface area contributed by atoms with Gasteiger partial charge in [0, 0.05) is 17.8 Å². The molecule has 132 valence electrons. The number of hydrogen-bond donors (Lipinski definition) is 1. The van der Waals surface area contributed by atoms with Crippen molar-refractivity contribution in [3.8, 4) is 11.8 Å². The Labute approximate surface area is 150 Å². The van der Waals surface area contributed by atoms with E-state index in [0.717, 1.165) is 12.2 Å². The number of nitro benzene ring substituents is 1.